The Labute approximate surface area is 135 Å². The van der Waals surface area contributed by atoms with Crippen molar-refractivity contribution in [3.8, 4) is 11.4 Å². The van der Waals surface area contributed by atoms with Gasteiger partial charge in [-0.1, -0.05) is 44.2 Å². The summed E-state index contributed by atoms with van der Waals surface area (Å²) in [5, 5.41) is 26.5. The van der Waals surface area contributed by atoms with Crippen LogP contribution in [0.5, 0.6) is 0 Å². The van der Waals surface area contributed by atoms with Crippen LogP contribution in [0.3, 0.4) is 0 Å². The number of hydrogen-bond acceptors (Lipinski definition) is 5. The minimum absolute atomic E-state index is 0.460. The molecule has 2 aromatic heterocycles. The van der Waals surface area contributed by atoms with Crippen LogP contribution in [-0.2, 0) is 0 Å². The second kappa shape index (κ2) is 6.34. The van der Waals surface area contributed by atoms with Gasteiger partial charge < -0.3 is 10.4 Å². The average Bonchev–Trinajstić information content (AvgIpc) is 3.03. The van der Waals surface area contributed by atoms with E-state index in [4.69, 9.17) is 0 Å². The van der Waals surface area contributed by atoms with E-state index in [1.54, 1.807) is 4.52 Å². The summed E-state index contributed by atoms with van der Waals surface area (Å²) in [5.41, 5.74) is 0.936. The van der Waals surface area contributed by atoms with E-state index in [1.165, 1.54) is 0 Å². The molecule has 0 radical (unpaired) electrons. The molecule has 0 bridgehead atoms. The van der Waals surface area contributed by atoms with Crippen molar-refractivity contribution in [3.63, 3.8) is 0 Å². The van der Waals surface area contributed by atoms with Gasteiger partial charge >= 0.3 is 0 Å². The third kappa shape index (κ3) is 3.17. The normalized spacial score (nSPS) is 11.8. The molecule has 6 nitrogen and oxygen atoms in total. The summed E-state index contributed by atoms with van der Waals surface area (Å²) in [4.78, 5) is 0. The summed E-state index contributed by atoms with van der Waals surface area (Å²) in [5.74, 6) is 1.39. The van der Waals surface area contributed by atoms with Crippen molar-refractivity contribution >= 4 is 11.5 Å². The lowest BCUT2D eigenvalue weighted by molar-refractivity contribution is 0.0456. The molecule has 0 saturated carbocycles. The van der Waals surface area contributed by atoms with E-state index in [-0.39, 0.29) is 0 Å². The van der Waals surface area contributed by atoms with Gasteiger partial charge in [0.25, 0.3) is 0 Å². The number of rotatable bonds is 6. The summed E-state index contributed by atoms with van der Waals surface area (Å²) in [6.45, 7) is 4.42. The Kier molecular flexibility index (Phi) is 4.25. The van der Waals surface area contributed by atoms with Gasteiger partial charge in [0.2, 0.25) is 0 Å². The highest BCUT2D eigenvalue weighted by Gasteiger charge is 2.22. The van der Waals surface area contributed by atoms with Crippen LogP contribution in [0.15, 0.2) is 42.5 Å². The molecule has 0 aliphatic carbocycles. The van der Waals surface area contributed by atoms with Crippen LogP contribution in [0.25, 0.3) is 17.0 Å². The van der Waals surface area contributed by atoms with Crippen LogP contribution in [0, 0.1) is 0 Å². The fraction of sp³-hybridized carbons (Fsp3) is 0.353. The van der Waals surface area contributed by atoms with E-state index >= 15 is 0 Å². The van der Waals surface area contributed by atoms with Gasteiger partial charge in [0.1, 0.15) is 5.82 Å². The van der Waals surface area contributed by atoms with Gasteiger partial charge in [0.15, 0.2) is 11.5 Å². The average molecular weight is 311 g/mol. The maximum atomic E-state index is 10.4. The predicted molar refractivity (Wildman–Crippen MR) is 90.2 cm³/mol. The summed E-state index contributed by atoms with van der Waals surface area (Å²) in [6, 6.07) is 13.6. The minimum Gasteiger partial charge on any atom is -0.388 e. The van der Waals surface area contributed by atoms with Gasteiger partial charge in [-0.05, 0) is 25.0 Å². The first kappa shape index (κ1) is 15.4. The van der Waals surface area contributed by atoms with Crippen molar-refractivity contribution < 1.29 is 5.11 Å². The highest BCUT2D eigenvalue weighted by atomic mass is 16.3. The Balaban J connectivity index is 1.89. The topological polar surface area (TPSA) is 75.3 Å². The monoisotopic (exact) mass is 311 g/mol. The molecule has 120 valence electrons. The van der Waals surface area contributed by atoms with Crippen LogP contribution in [0.4, 0.5) is 5.82 Å². The Morgan fingerprint density at radius 1 is 1.04 bits per heavy atom. The van der Waals surface area contributed by atoms with Gasteiger partial charge in [0.05, 0.1) is 5.60 Å². The molecule has 3 rings (SSSR count). The molecule has 0 saturated heterocycles. The molecular weight excluding hydrogens is 290 g/mol. The van der Waals surface area contributed by atoms with Crippen LogP contribution < -0.4 is 5.32 Å². The standard InChI is InChI=1S/C17H21N5O/c1-3-17(23,4-2)12-18-14-10-11-15-19-20-16(22(15)21-14)13-8-6-5-7-9-13/h5-11,23H,3-4,12H2,1-2H3,(H,18,21). The summed E-state index contributed by atoms with van der Waals surface area (Å²) < 4.78 is 1.72. The SMILES string of the molecule is CCC(O)(CC)CNc1ccc2nnc(-c3ccccc3)n2n1. The molecule has 0 aliphatic heterocycles. The molecule has 0 spiro atoms. The molecule has 0 atom stereocenters. The lowest BCUT2D eigenvalue weighted by atomic mass is 9.98. The number of benzene rings is 1. The molecule has 0 amide bonds. The highest BCUT2D eigenvalue weighted by molar-refractivity contribution is 5.59. The van der Waals surface area contributed by atoms with E-state index in [0.29, 0.717) is 36.7 Å². The first-order valence-corrected chi connectivity index (χ1v) is 7.89. The molecule has 2 heterocycles. The molecule has 6 heteroatoms. The van der Waals surface area contributed by atoms with Crippen LogP contribution in [-0.4, -0.2) is 37.1 Å². The molecule has 0 fully saturated rings. The van der Waals surface area contributed by atoms with Crippen molar-refractivity contribution in [2.24, 2.45) is 0 Å². The second-order valence-electron chi connectivity index (χ2n) is 5.66. The maximum absolute atomic E-state index is 10.4. The van der Waals surface area contributed by atoms with E-state index in [1.807, 2.05) is 56.3 Å². The van der Waals surface area contributed by atoms with Gasteiger partial charge in [-0.2, -0.15) is 4.52 Å². The number of fused-ring (bicyclic) bond motifs is 1. The molecule has 3 aromatic rings. The fourth-order valence-corrected chi connectivity index (χ4v) is 2.41. The molecular formula is C17H21N5O. The second-order valence-corrected chi connectivity index (χ2v) is 5.66. The van der Waals surface area contributed by atoms with E-state index < -0.39 is 5.60 Å². The molecule has 23 heavy (non-hydrogen) atoms. The third-order valence-electron chi connectivity index (χ3n) is 4.21. The van der Waals surface area contributed by atoms with E-state index in [2.05, 4.69) is 20.6 Å². The highest BCUT2D eigenvalue weighted by Crippen LogP contribution is 2.19. The zero-order valence-corrected chi connectivity index (χ0v) is 13.4. The van der Waals surface area contributed by atoms with Gasteiger partial charge in [-0.3, -0.25) is 0 Å². The summed E-state index contributed by atoms with van der Waals surface area (Å²) in [7, 11) is 0. The minimum atomic E-state index is -0.716. The lowest BCUT2D eigenvalue weighted by Gasteiger charge is -2.25. The van der Waals surface area contributed by atoms with Crippen LogP contribution >= 0.6 is 0 Å². The smallest absolute Gasteiger partial charge is 0.185 e. The lowest BCUT2D eigenvalue weighted by Crippen LogP contribution is -2.35. The van der Waals surface area contributed by atoms with Gasteiger partial charge in [-0.25, -0.2) is 0 Å². The van der Waals surface area contributed by atoms with Gasteiger partial charge in [0, 0.05) is 12.1 Å². The number of anilines is 1. The first-order valence-electron chi connectivity index (χ1n) is 7.89. The maximum Gasteiger partial charge on any atom is 0.185 e. The van der Waals surface area contributed by atoms with E-state index in [9.17, 15) is 5.11 Å². The van der Waals surface area contributed by atoms with Crippen molar-refractivity contribution in [1.82, 2.24) is 19.8 Å². The Morgan fingerprint density at radius 2 is 1.78 bits per heavy atom. The number of nitrogens with one attached hydrogen (secondary N) is 1. The van der Waals surface area contributed by atoms with Crippen molar-refractivity contribution in [2.45, 2.75) is 32.3 Å². The summed E-state index contributed by atoms with van der Waals surface area (Å²) >= 11 is 0. The van der Waals surface area contributed by atoms with Crippen molar-refractivity contribution in [2.75, 3.05) is 11.9 Å². The van der Waals surface area contributed by atoms with E-state index in [0.717, 1.165) is 5.56 Å². The first-order chi connectivity index (χ1) is 11.1. The quantitative estimate of drug-likeness (QED) is 0.732. The Hall–Kier alpha value is -2.47. The predicted octanol–water partition coefficient (Wildman–Crippen LogP) is 2.75. The Morgan fingerprint density at radius 3 is 2.48 bits per heavy atom. The molecule has 2 N–H and O–H groups in total. The number of nitrogens with zero attached hydrogens (tertiary/aromatic N) is 4. The molecule has 0 unspecified atom stereocenters. The molecule has 1 aromatic carbocycles. The number of aromatic nitrogens is 4. The zero-order chi connectivity index (χ0) is 16.3. The fourth-order valence-electron chi connectivity index (χ4n) is 2.41. The zero-order valence-electron chi connectivity index (χ0n) is 13.4. The third-order valence-corrected chi connectivity index (χ3v) is 4.21. The number of hydrogen-bond donors (Lipinski definition) is 2. The largest absolute Gasteiger partial charge is 0.388 e. The van der Waals surface area contributed by atoms with Crippen LogP contribution in [0.1, 0.15) is 26.7 Å². The number of aliphatic hydroxyl groups is 1. The van der Waals surface area contributed by atoms with Crippen molar-refractivity contribution in [3.05, 3.63) is 42.5 Å². The van der Waals surface area contributed by atoms with Crippen LogP contribution in [0.2, 0.25) is 0 Å². The van der Waals surface area contributed by atoms with Crippen molar-refractivity contribution in [1.29, 1.82) is 0 Å². The Bertz CT molecular complexity index is 780. The molecule has 0 aliphatic rings. The van der Waals surface area contributed by atoms with Gasteiger partial charge in [-0.15, -0.1) is 15.3 Å². The summed E-state index contributed by atoms with van der Waals surface area (Å²) in [6.07, 6.45) is 1.39.